The van der Waals surface area contributed by atoms with Gasteiger partial charge in [-0.15, -0.1) is 0 Å². The van der Waals surface area contributed by atoms with Crippen LogP contribution in [-0.4, -0.2) is 42.8 Å². The van der Waals surface area contributed by atoms with Crippen LogP contribution in [0.1, 0.15) is 64.2 Å². The van der Waals surface area contributed by atoms with Crippen molar-refractivity contribution in [1.29, 1.82) is 0 Å². The lowest BCUT2D eigenvalue weighted by atomic mass is 9.77. The van der Waals surface area contributed by atoms with Crippen LogP contribution in [0.2, 0.25) is 0 Å². The Balaban J connectivity index is 1.71. The smallest absolute Gasteiger partial charge is 0.0572 e. The summed E-state index contributed by atoms with van der Waals surface area (Å²) in [6.07, 6.45) is 14.0. The Bertz CT molecular complexity index is 306. The van der Waals surface area contributed by atoms with E-state index in [0.29, 0.717) is 11.6 Å². The minimum atomic E-state index is 0.290. The molecule has 1 atom stereocenters. The largest absolute Gasteiger partial charge is 0.381 e. The van der Waals surface area contributed by atoms with Crippen LogP contribution in [0.25, 0.3) is 0 Å². The van der Waals surface area contributed by atoms with Crippen molar-refractivity contribution in [3.8, 4) is 0 Å². The van der Waals surface area contributed by atoms with Crippen molar-refractivity contribution in [2.24, 2.45) is 11.7 Å². The normalized spacial score (nSPS) is 40.5. The average Bonchev–Trinajstić information content (AvgIpc) is 3.17. The predicted octanol–water partition coefficient (Wildman–Crippen LogP) is 2.93. The summed E-state index contributed by atoms with van der Waals surface area (Å²) in [5.41, 5.74) is 6.57. The molecule has 2 aliphatic carbocycles. The predicted molar refractivity (Wildman–Crippen MR) is 82.7 cm³/mol. The summed E-state index contributed by atoms with van der Waals surface area (Å²) in [7, 11) is 1.86. The fourth-order valence-corrected chi connectivity index (χ4v) is 5.19. The maximum atomic E-state index is 6.28. The van der Waals surface area contributed by atoms with E-state index in [1.165, 1.54) is 70.8 Å². The number of ether oxygens (including phenoxy) is 1. The third-order valence-corrected chi connectivity index (χ3v) is 6.43. The van der Waals surface area contributed by atoms with E-state index in [2.05, 4.69) is 4.90 Å². The Morgan fingerprint density at radius 3 is 2.35 bits per heavy atom. The minimum absolute atomic E-state index is 0.290. The molecule has 0 aromatic carbocycles. The fourth-order valence-electron chi connectivity index (χ4n) is 5.19. The second-order valence-electron chi connectivity index (χ2n) is 7.31. The molecule has 0 radical (unpaired) electrons. The van der Waals surface area contributed by atoms with Crippen molar-refractivity contribution in [2.45, 2.75) is 81.9 Å². The van der Waals surface area contributed by atoms with Gasteiger partial charge in [0.05, 0.1) is 6.10 Å². The van der Waals surface area contributed by atoms with Gasteiger partial charge in [0.1, 0.15) is 0 Å². The van der Waals surface area contributed by atoms with Crippen LogP contribution >= 0.6 is 0 Å². The zero-order chi connectivity index (χ0) is 14.0. The lowest BCUT2D eigenvalue weighted by Gasteiger charge is -2.49. The molecule has 0 bridgehead atoms. The highest BCUT2D eigenvalue weighted by Gasteiger charge is 2.46. The third-order valence-electron chi connectivity index (χ3n) is 6.43. The Hall–Kier alpha value is -0.120. The summed E-state index contributed by atoms with van der Waals surface area (Å²) in [5, 5.41) is 0. The Kier molecular flexibility index (Phi) is 4.68. The molecule has 3 aliphatic rings. The molecule has 20 heavy (non-hydrogen) atoms. The molecular weight excluding hydrogens is 248 g/mol. The van der Waals surface area contributed by atoms with Gasteiger partial charge in [-0.1, -0.05) is 12.8 Å². The number of rotatable bonds is 4. The zero-order valence-electron chi connectivity index (χ0n) is 13.2. The monoisotopic (exact) mass is 280 g/mol. The van der Waals surface area contributed by atoms with E-state index in [1.54, 1.807) is 0 Å². The Morgan fingerprint density at radius 2 is 1.75 bits per heavy atom. The SMILES string of the molecule is COC1CCC(CN)(N2CCCC2C2CCCC2)CC1. The summed E-state index contributed by atoms with van der Waals surface area (Å²) in [5.74, 6) is 0.959. The van der Waals surface area contributed by atoms with Gasteiger partial charge in [-0.25, -0.2) is 0 Å². The highest BCUT2D eigenvalue weighted by molar-refractivity contribution is 5.02. The van der Waals surface area contributed by atoms with Crippen molar-refractivity contribution in [1.82, 2.24) is 4.90 Å². The molecule has 1 heterocycles. The summed E-state index contributed by atoms with van der Waals surface area (Å²) in [6.45, 7) is 2.13. The standard InChI is InChI=1S/C17H32N2O/c1-20-15-8-10-17(13-18,11-9-15)19-12-4-7-16(19)14-5-2-3-6-14/h14-16H,2-13,18H2,1H3. The van der Waals surface area contributed by atoms with E-state index >= 15 is 0 Å². The molecule has 3 rings (SSSR count). The maximum Gasteiger partial charge on any atom is 0.0572 e. The highest BCUT2D eigenvalue weighted by atomic mass is 16.5. The van der Waals surface area contributed by atoms with Gasteiger partial charge >= 0.3 is 0 Å². The summed E-state index contributed by atoms with van der Waals surface area (Å²) >= 11 is 0. The fraction of sp³-hybridized carbons (Fsp3) is 1.00. The summed E-state index contributed by atoms with van der Waals surface area (Å²) in [4.78, 5) is 2.86. The Labute approximate surface area is 124 Å². The maximum absolute atomic E-state index is 6.28. The number of hydrogen-bond acceptors (Lipinski definition) is 3. The first kappa shape index (κ1) is 14.8. The number of methoxy groups -OCH3 is 1. The lowest BCUT2D eigenvalue weighted by Crippen LogP contribution is -2.59. The summed E-state index contributed by atoms with van der Waals surface area (Å²) in [6, 6.07) is 0.833. The van der Waals surface area contributed by atoms with Gasteiger partial charge < -0.3 is 10.5 Å². The topological polar surface area (TPSA) is 38.5 Å². The molecule has 0 aromatic heterocycles. The quantitative estimate of drug-likeness (QED) is 0.860. The summed E-state index contributed by atoms with van der Waals surface area (Å²) < 4.78 is 5.56. The van der Waals surface area contributed by atoms with E-state index in [9.17, 15) is 0 Å². The van der Waals surface area contributed by atoms with Gasteiger partial charge in [0.2, 0.25) is 0 Å². The average molecular weight is 280 g/mol. The first-order valence-corrected chi connectivity index (χ1v) is 8.79. The van der Waals surface area contributed by atoms with E-state index in [-0.39, 0.29) is 0 Å². The molecule has 0 spiro atoms. The zero-order valence-corrected chi connectivity index (χ0v) is 13.2. The van der Waals surface area contributed by atoms with Crippen LogP contribution in [0.4, 0.5) is 0 Å². The van der Waals surface area contributed by atoms with Gasteiger partial charge in [-0.3, -0.25) is 4.90 Å². The van der Waals surface area contributed by atoms with Crippen molar-refractivity contribution in [3.05, 3.63) is 0 Å². The van der Waals surface area contributed by atoms with Gasteiger partial charge in [-0.2, -0.15) is 0 Å². The third kappa shape index (κ3) is 2.65. The van der Waals surface area contributed by atoms with E-state index in [0.717, 1.165) is 18.5 Å². The molecule has 0 aromatic rings. The Morgan fingerprint density at radius 1 is 1.05 bits per heavy atom. The molecule has 3 fully saturated rings. The number of likely N-dealkylation sites (tertiary alicyclic amines) is 1. The number of nitrogens with zero attached hydrogens (tertiary/aromatic N) is 1. The molecular formula is C17H32N2O. The van der Waals surface area contributed by atoms with Crippen molar-refractivity contribution in [2.75, 3.05) is 20.2 Å². The molecule has 3 nitrogen and oxygen atoms in total. The lowest BCUT2D eigenvalue weighted by molar-refractivity contribution is -0.0219. The van der Waals surface area contributed by atoms with E-state index in [1.807, 2.05) is 7.11 Å². The van der Waals surface area contributed by atoms with Crippen LogP contribution < -0.4 is 5.73 Å². The van der Waals surface area contributed by atoms with Crippen molar-refractivity contribution < 1.29 is 4.74 Å². The molecule has 1 saturated heterocycles. The van der Waals surface area contributed by atoms with E-state index in [4.69, 9.17) is 10.5 Å². The van der Waals surface area contributed by atoms with Gasteiger partial charge in [0, 0.05) is 25.2 Å². The molecule has 116 valence electrons. The van der Waals surface area contributed by atoms with Crippen LogP contribution in [0.3, 0.4) is 0 Å². The van der Waals surface area contributed by atoms with Crippen LogP contribution in [0.5, 0.6) is 0 Å². The van der Waals surface area contributed by atoms with Gasteiger partial charge in [0.25, 0.3) is 0 Å². The molecule has 0 amide bonds. The second kappa shape index (κ2) is 6.33. The van der Waals surface area contributed by atoms with Crippen LogP contribution in [0, 0.1) is 5.92 Å². The van der Waals surface area contributed by atoms with Crippen LogP contribution in [0.15, 0.2) is 0 Å². The molecule has 2 N–H and O–H groups in total. The number of hydrogen-bond donors (Lipinski definition) is 1. The van der Waals surface area contributed by atoms with E-state index < -0.39 is 0 Å². The van der Waals surface area contributed by atoms with Crippen molar-refractivity contribution >= 4 is 0 Å². The van der Waals surface area contributed by atoms with Crippen LogP contribution in [-0.2, 0) is 4.74 Å². The highest BCUT2D eigenvalue weighted by Crippen LogP contribution is 2.43. The van der Waals surface area contributed by atoms with Crippen molar-refractivity contribution in [3.63, 3.8) is 0 Å². The first-order valence-electron chi connectivity index (χ1n) is 8.79. The van der Waals surface area contributed by atoms with Gasteiger partial charge in [-0.05, 0) is 63.8 Å². The minimum Gasteiger partial charge on any atom is -0.381 e. The molecule has 1 unspecified atom stereocenters. The first-order chi connectivity index (χ1) is 9.79. The second-order valence-corrected chi connectivity index (χ2v) is 7.31. The van der Waals surface area contributed by atoms with Gasteiger partial charge in [0.15, 0.2) is 0 Å². The molecule has 2 saturated carbocycles. The molecule has 1 aliphatic heterocycles. The molecule has 3 heteroatoms. The number of nitrogens with two attached hydrogens (primary N) is 1.